The van der Waals surface area contributed by atoms with E-state index in [4.69, 9.17) is 0 Å². The minimum absolute atomic E-state index is 0.212. The van der Waals surface area contributed by atoms with Crippen molar-refractivity contribution in [3.05, 3.63) is 149 Å². The lowest BCUT2D eigenvalue weighted by Crippen LogP contribution is -2.28. The van der Waals surface area contributed by atoms with Crippen molar-refractivity contribution >= 4 is 13.2 Å². The van der Waals surface area contributed by atoms with Gasteiger partial charge in [-0.25, -0.2) is 0 Å². The van der Waals surface area contributed by atoms with E-state index < -0.39 is 7.92 Å². The molecular weight excluding hydrogens is 708 g/mol. The zero-order valence-corrected chi connectivity index (χ0v) is 37.4. The van der Waals surface area contributed by atoms with Gasteiger partial charge < -0.3 is 5.11 Å². The molecule has 0 radical (unpaired) electrons. The average Bonchev–Trinajstić information content (AvgIpc) is 3.26. The fraction of sp³-hybridized carbons (Fsp3) is 0.455. The second kappa shape index (κ2) is 20.5. The molecule has 1 heterocycles. The Labute approximate surface area is 348 Å². The summed E-state index contributed by atoms with van der Waals surface area (Å²) in [4.78, 5) is 0. The van der Waals surface area contributed by atoms with Crippen LogP contribution in [0.4, 0.5) is 0 Å². The lowest BCUT2D eigenvalue weighted by atomic mass is 9.77. The van der Waals surface area contributed by atoms with Crippen molar-refractivity contribution in [2.75, 3.05) is 0 Å². The number of hydrogen-bond donors (Lipinski definition) is 1. The molecule has 1 nitrogen and oxygen atoms in total. The first-order valence-electron chi connectivity index (χ1n) is 22.8. The molecule has 1 N–H and O–H groups in total. The van der Waals surface area contributed by atoms with E-state index in [9.17, 15) is 5.11 Å². The SMILES string of the molecule is CCC(CC)c1cccc(C(CC)CC)c1-c1cccc(-c2c(C(CC)CC)cccc2C(CC)CC)c1P1C(c2ccccc2)CC(O)CC1c1ccccc1. The molecule has 6 rings (SSSR count). The fourth-order valence-corrected chi connectivity index (χ4v) is 14.5. The van der Waals surface area contributed by atoms with E-state index in [1.807, 2.05) is 0 Å². The van der Waals surface area contributed by atoms with Gasteiger partial charge in [-0.1, -0.05) is 179 Å². The zero-order chi connectivity index (χ0) is 40.5. The molecule has 0 bridgehead atoms. The third-order valence-corrected chi connectivity index (χ3v) is 17.2. The lowest BCUT2D eigenvalue weighted by molar-refractivity contribution is 0.146. The summed E-state index contributed by atoms with van der Waals surface area (Å²) in [5.74, 6) is 1.94. The van der Waals surface area contributed by atoms with E-state index in [0.717, 1.165) is 64.2 Å². The maximum atomic E-state index is 11.9. The van der Waals surface area contributed by atoms with Crippen LogP contribution in [0.25, 0.3) is 22.3 Å². The predicted molar refractivity (Wildman–Crippen MR) is 251 cm³/mol. The highest BCUT2D eigenvalue weighted by Crippen LogP contribution is 2.69. The lowest BCUT2D eigenvalue weighted by Gasteiger charge is -2.44. The highest BCUT2D eigenvalue weighted by Gasteiger charge is 2.42. The molecule has 2 unspecified atom stereocenters. The van der Waals surface area contributed by atoms with Gasteiger partial charge in [0.1, 0.15) is 0 Å². The summed E-state index contributed by atoms with van der Waals surface area (Å²) in [6.07, 6.45) is 10.2. The van der Waals surface area contributed by atoms with E-state index in [2.05, 4.69) is 171 Å². The predicted octanol–water partition coefficient (Wildman–Crippen LogP) is 16.4. The Morgan fingerprint density at radius 3 is 1.02 bits per heavy atom. The van der Waals surface area contributed by atoms with Gasteiger partial charge in [0.2, 0.25) is 0 Å². The average molecular weight is 779 g/mol. The highest BCUT2D eigenvalue weighted by molar-refractivity contribution is 7.67. The summed E-state index contributed by atoms with van der Waals surface area (Å²) in [6.45, 7) is 19.1. The monoisotopic (exact) mass is 779 g/mol. The van der Waals surface area contributed by atoms with Crippen molar-refractivity contribution in [3.8, 4) is 22.3 Å². The Bertz CT molecular complexity index is 1780. The van der Waals surface area contributed by atoms with Crippen LogP contribution in [-0.2, 0) is 0 Å². The summed E-state index contributed by atoms with van der Waals surface area (Å²) in [5, 5.41) is 13.5. The molecule has 2 atom stereocenters. The quantitative estimate of drug-likeness (QED) is 0.0932. The van der Waals surface area contributed by atoms with Crippen LogP contribution in [0.1, 0.15) is 188 Å². The number of rotatable bonds is 17. The maximum Gasteiger partial charge on any atom is 0.0559 e. The first kappa shape index (κ1) is 43.1. The highest BCUT2D eigenvalue weighted by atomic mass is 31.1. The summed E-state index contributed by atoms with van der Waals surface area (Å²) < 4.78 is 0. The molecular formula is C55H71OP. The summed E-state index contributed by atoms with van der Waals surface area (Å²) in [7, 11) is -0.882. The van der Waals surface area contributed by atoms with Gasteiger partial charge in [-0.2, -0.15) is 0 Å². The molecule has 1 aliphatic rings. The standard InChI is InChI=1S/C55H71OP/c1-9-38(10-2)45-30-23-31-46(39(11-3)12-4)53(45)49-34-25-35-50(54-47(40(13-5)14-6)32-24-33-48(54)41(15-7)16-8)55(49)57-51(42-26-19-17-20-27-42)36-44(56)37-52(57)43-28-21-18-22-29-43/h17-35,38-41,44,51-52,56H,9-16,36-37H2,1-8H3. The zero-order valence-electron chi connectivity index (χ0n) is 36.5. The van der Waals surface area contributed by atoms with Gasteiger partial charge in [0, 0.05) is 11.3 Å². The third-order valence-electron chi connectivity index (χ3n) is 13.8. The van der Waals surface area contributed by atoms with E-state index in [-0.39, 0.29) is 17.4 Å². The molecule has 57 heavy (non-hydrogen) atoms. The summed E-state index contributed by atoms with van der Waals surface area (Å²) in [6, 6.07) is 44.7. The van der Waals surface area contributed by atoms with Crippen LogP contribution >= 0.6 is 7.92 Å². The topological polar surface area (TPSA) is 20.2 Å². The maximum absolute atomic E-state index is 11.9. The minimum atomic E-state index is -0.882. The first-order chi connectivity index (χ1) is 27.9. The molecule has 0 aromatic heterocycles. The van der Waals surface area contributed by atoms with E-state index in [0.29, 0.717) is 23.7 Å². The van der Waals surface area contributed by atoms with E-state index in [1.165, 1.54) is 55.6 Å². The van der Waals surface area contributed by atoms with Gasteiger partial charge in [0.15, 0.2) is 0 Å². The molecule has 1 saturated heterocycles. The molecule has 0 spiro atoms. The normalized spacial score (nSPS) is 18.6. The molecule has 1 aliphatic heterocycles. The number of aliphatic hydroxyl groups is 1. The van der Waals surface area contributed by atoms with Crippen LogP contribution in [0, 0.1) is 0 Å². The largest absolute Gasteiger partial charge is 0.393 e. The van der Waals surface area contributed by atoms with Crippen molar-refractivity contribution < 1.29 is 5.11 Å². The third kappa shape index (κ3) is 8.92. The van der Waals surface area contributed by atoms with Crippen molar-refractivity contribution in [1.29, 1.82) is 0 Å². The molecule has 0 aliphatic carbocycles. The van der Waals surface area contributed by atoms with Gasteiger partial charge >= 0.3 is 0 Å². The van der Waals surface area contributed by atoms with Crippen molar-refractivity contribution in [2.45, 2.75) is 161 Å². The Hall–Kier alpha value is -3.51. The van der Waals surface area contributed by atoms with Gasteiger partial charge in [0.05, 0.1) is 6.10 Å². The summed E-state index contributed by atoms with van der Waals surface area (Å²) in [5.41, 5.74) is 15.2. The van der Waals surface area contributed by atoms with Crippen LogP contribution in [-0.4, -0.2) is 11.2 Å². The molecule has 0 amide bonds. The van der Waals surface area contributed by atoms with Crippen LogP contribution in [0.15, 0.2) is 115 Å². The van der Waals surface area contributed by atoms with Gasteiger partial charge in [-0.05, 0) is 149 Å². The molecule has 2 heteroatoms. The van der Waals surface area contributed by atoms with Gasteiger partial charge in [-0.3, -0.25) is 0 Å². The van der Waals surface area contributed by atoms with E-state index >= 15 is 0 Å². The van der Waals surface area contributed by atoms with E-state index in [1.54, 1.807) is 5.30 Å². The van der Waals surface area contributed by atoms with Gasteiger partial charge in [-0.15, -0.1) is 0 Å². The first-order valence-corrected chi connectivity index (χ1v) is 24.3. The van der Waals surface area contributed by atoms with Crippen LogP contribution in [0.3, 0.4) is 0 Å². The molecule has 1 fully saturated rings. The smallest absolute Gasteiger partial charge is 0.0559 e. The van der Waals surface area contributed by atoms with Crippen LogP contribution < -0.4 is 5.30 Å². The molecule has 5 aromatic rings. The minimum Gasteiger partial charge on any atom is -0.393 e. The number of hydrogen-bond acceptors (Lipinski definition) is 1. The van der Waals surface area contributed by atoms with Crippen molar-refractivity contribution in [3.63, 3.8) is 0 Å². The number of benzene rings is 5. The second-order valence-corrected chi connectivity index (χ2v) is 19.3. The molecule has 5 aromatic carbocycles. The van der Waals surface area contributed by atoms with Crippen molar-refractivity contribution in [2.24, 2.45) is 0 Å². The fourth-order valence-electron chi connectivity index (χ4n) is 10.6. The number of aliphatic hydroxyl groups excluding tert-OH is 1. The Balaban J connectivity index is 1.86. The van der Waals surface area contributed by atoms with Crippen LogP contribution in [0.2, 0.25) is 0 Å². The van der Waals surface area contributed by atoms with Gasteiger partial charge in [0.25, 0.3) is 0 Å². The molecule has 0 saturated carbocycles. The molecule has 302 valence electrons. The Kier molecular flexibility index (Phi) is 15.5. The van der Waals surface area contributed by atoms with Crippen molar-refractivity contribution in [1.82, 2.24) is 0 Å². The Morgan fingerprint density at radius 2 is 0.719 bits per heavy atom. The summed E-state index contributed by atoms with van der Waals surface area (Å²) >= 11 is 0. The van der Waals surface area contributed by atoms with Crippen LogP contribution in [0.5, 0.6) is 0 Å². The Morgan fingerprint density at radius 1 is 0.421 bits per heavy atom. The second-order valence-electron chi connectivity index (χ2n) is 16.8.